The van der Waals surface area contributed by atoms with Crippen molar-refractivity contribution in [3.05, 3.63) is 23.7 Å². The van der Waals surface area contributed by atoms with E-state index in [1.54, 1.807) is 25.2 Å². The van der Waals surface area contributed by atoms with Crippen LogP contribution in [0.4, 0.5) is 11.8 Å². The number of pyridine rings is 1. The minimum atomic E-state index is -1.13. The summed E-state index contributed by atoms with van der Waals surface area (Å²) in [5.41, 5.74) is 2.37. The largest absolute Gasteiger partial charge is 0.390 e. The molecule has 1 aliphatic heterocycles. The number of nitrogens with one attached hydrogen (secondary N) is 2. The molecule has 0 unspecified atom stereocenters. The Morgan fingerprint density at radius 2 is 1.95 bits per heavy atom. The number of aliphatic hydroxyl groups is 3. The summed E-state index contributed by atoms with van der Waals surface area (Å²) in [5, 5.41) is 39.7. The van der Waals surface area contributed by atoms with E-state index in [4.69, 9.17) is 19.7 Å². The smallest absolute Gasteiger partial charge is 0.224 e. The Labute approximate surface area is 225 Å². The fraction of sp³-hybridized carbons (Fsp3) is 0.630. The van der Waals surface area contributed by atoms with Gasteiger partial charge in [-0.1, -0.05) is 0 Å². The van der Waals surface area contributed by atoms with Gasteiger partial charge in [0, 0.05) is 31.2 Å². The molecule has 0 bridgehead atoms. The van der Waals surface area contributed by atoms with Crippen molar-refractivity contribution in [2.24, 2.45) is 5.92 Å². The lowest BCUT2D eigenvalue weighted by Crippen LogP contribution is -2.40. The van der Waals surface area contributed by atoms with Crippen molar-refractivity contribution in [1.29, 1.82) is 0 Å². The van der Waals surface area contributed by atoms with Gasteiger partial charge in [0.2, 0.25) is 5.95 Å². The molecule has 0 radical (unpaired) electrons. The average molecular weight is 541 g/mol. The fourth-order valence-electron chi connectivity index (χ4n) is 5.71. The number of hydrogen-bond donors (Lipinski definition) is 5. The van der Waals surface area contributed by atoms with Gasteiger partial charge in [0.25, 0.3) is 0 Å². The number of hydrogen-bond acceptors (Lipinski definition) is 11. The van der Waals surface area contributed by atoms with Gasteiger partial charge in [0.1, 0.15) is 22.4 Å². The molecule has 1 saturated heterocycles. The molecule has 2 saturated carbocycles. The molecule has 3 aliphatic rings. The number of fused-ring (bicyclic) bond motifs is 1. The van der Waals surface area contributed by atoms with E-state index >= 15 is 0 Å². The molecule has 5 N–H and O–H groups in total. The second-order valence-corrected chi connectivity index (χ2v) is 12.5. The normalized spacial score (nSPS) is 27.8. The number of aryl methyl sites for hydroxylation is 1. The maximum absolute atomic E-state index is 10.9. The van der Waals surface area contributed by atoms with E-state index < -0.39 is 29.8 Å². The number of thiazole rings is 1. The lowest BCUT2D eigenvalue weighted by molar-refractivity contribution is -0.0601. The number of rotatable bonds is 8. The van der Waals surface area contributed by atoms with Gasteiger partial charge in [-0.05, 0) is 58.9 Å². The number of nitrogens with zero attached hydrogens (tertiary/aromatic N) is 4. The van der Waals surface area contributed by atoms with E-state index in [0.29, 0.717) is 30.6 Å². The highest BCUT2D eigenvalue weighted by Gasteiger charge is 2.48. The van der Waals surface area contributed by atoms with Crippen LogP contribution in [0.3, 0.4) is 0 Å². The Kier molecular flexibility index (Phi) is 6.76. The quantitative estimate of drug-likeness (QED) is 0.289. The molecule has 3 fully saturated rings. The molecule has 2 aliphatic carbocycles. The first-order chi connectivity index (χ1) is 18.2. The van der Waals surface area contributed by atoms with Crippen LogP contribution in [-0.4, -0.2) is 78.4 Å². The highest BCUT2D eigenvalue weighted by molar-refractivity contribution is 7.21. The van der Waals surface area contributed by atoms with Crippen molar-refractivity contribution < 1.29 is 20.1 Å². The molecule has 204 valence electrons. The van der Waals surface area contributed by atoms with E-state index in [1.165, 1.54) is 0 Å². The number of aliphatic hydroxyl groups excluding tert-OH is 2. The third-order valence-electron chi connectivity index (χ3n) is 8.03. The van der Waals surface area contributed by atoms with Crippen LogP contribution in [0.2, 0.25) is 0 Å². The Balaban J connectivity index is 1.37. The molecule has 11 heteroatoms. The molecule has 6 rings (SSSR count). The van der Waals surface area contributed by atoms with Gasteiger partial charge < -0.3 is 30.7 Å². The van der Waals surface area contributed by atoms with Crippen LogP contribution in [0, 0.1) is 12.8 Å². The lowest BCUT2D eigenvalue weighted by Gasteiger charge is -2.28. The third-order valence-corrected chi connectivity index (χ3v) is 9.07. The summed E-state index contributed by atoms with van der Waals surface area (Å²) >= 11 is 1.58. The molecule has 3 aromatic heterocycles. The summed E-state index contributed by atoms with van der Waals surface area (Å²) in [4.78, 5) is 19.2. The molecule has 3 aromatic rings. The SMILES string of the molecule is Cc1nc(NC[C@@H]2CCCO2)nc(N[C@@H]2C[C@H](C(C)(C)O)[C@@H](O)[C@H]2O)c1-c1nc2c(C3CC3)nccc2s1. The van der Waals surface area contributed by atoms with Crippen molar-refractivity contribution in [3.63, 3.8) is 0 Å². The third kappa shape index (κ3) is 4.98. The Morgan fingerprint density at radius 3 is 2.63 bits per heavy atom. The summed E-state index contributed by atoms with van der Waals surface area (Å²) in [6.45, 7) is 6.65. The molecule has 4 heterocycles. The Hall–Kier alpha value is -2.44. The van der Waals surface area contributed by atoms with E-state index in [9.17, 15) is 15.3 Å². The van der Waals surface area contributed by atoms with Crippen molar-refractivity contribution in [2.75, 3.05) is 23.8 Å². The topological polar surface area (TPSA) is 146 Å². The predicted octanol–water partition coefficient (Wildman–Crippen LogP) is 3.22. The zero-order valence-electron chi connectivity index (χ0n) is 22.0. The summed E-state index contributed by atoms with van der Waals surface area (Å²) in [7, 11) is 0. The van der Waals surface area contributed by atoms with Gasteiger partial charge in [-0.2, -0.15) is 4.98 Å². The number of anilines is 2. The van der Waals surface area contributed by atoms with Gasteiger partial charge in [0.15, 0.2) is 0 Å². The minimum Gasteiger partial charge on any atom is -0.390 e. The lowest BCUT2D eigenvalue weighted by atomic mass is 9.88. The van der Waals surface area contributed by atoms with E-state index in [0.717, 1.165) is 64.5 Å². The zero-order chi connectivity index (χ0) is 26.6. The highest BCUT2D eigenvalue weighted by Crippen LogP contribution is 2.45. The van der Waals surface area contributed by atoms with E-state index in [1.807, 2.05) is 19.2 Å². The first-order valence-electron chi connectivity index (χ1n) is 13.5. The number of aromatic nitrogens is 4. The monoisotopic (exact) mass is 540 g/mol. The molecule has 5 atom stereocenters. The van der Waals surface area contributed by atoms with Crippen molar-refractivity contribution in [2.45, 2.75) is 88.7 Å². The first-order valence-corrected chi connectivity index (χ1v) is 14.4. The Morgan fingerprint density at radius 1 is 1.13 bits per heavy atom. The number of ether oxygens (including phenoxy) is 1. The van der Waals surface area contributed by atoms with Crippen LogP contribution in [0.25, 0.3) is 20.8 Å². The van der Waals surface area contributed by atoms with Crippen molar-refractivity contribution in [3.8, 4) is 10.6 Å². The molecular weight excluding hydrogens is 504 g/mol. The molecule has 38 heavy (non-hydrogen) atoms. The van der Waals surface area contributed by atoms with Gasteiger partial charge in [-0.3, -0.25) is 4.98 Å². The summed E-state index contributed by atoms with van der Waals surface area (Å²) in [6, 6.07) is 1.49. The second-order valence-electron chi connectivity index (χ2n) is 11.4. The van der Waals surface area contributed by atoms with Crippen LogP contribution >= 0.6 is 11.3 Å². The summed E-state index contributed by atoms with van der Waals surface area (Å²) in [5.74, 6) is 1.01. The Bertz CT molecular complexity index is 1320. The molecule has 0 aromatic carbocycles. The van der Waals surface area contributed by atoms with Crippen LogP contribution in [0.5, 0.6) is 0 Å². The first kappa shape index (κ1) is 25.8. The van der Waals surface area contributed by atoms with Crippen LogP contribution in [-0.2, 0) is 4.74 Å². The van der Waals surface area contributed by atoms with E-state index in [2.05, 4.69) is 15.6 Å². The molecular formula is C27H36N6O4S. The molecule has 0 spiro atoms. The van der Waals surface area contributed by atoms with Crippen LogP contribution in [0.15, 0.2) is 12.3 Å². The van der Waals surface area contributed by atoms with Gasteiger partial charge in [-0.15, -0.1) is 11.3 Å². The zero-order valence-corrected chi connectivity index (χ0v) is 22.8. The second kappa shape index (κ2) is 9.95. The summed E-state index contributed by atoms with van der Waals surface area (Å²) < 4.78 is 6.81. The van der Waals surface area contributed by atoms with Crippen LogP contribution in [0.1, 0.15) is 63.3 Å². The minimum absolute atomic E-state index is 0.131. The summed E-state index contributed by atoms with van der Waals surface area (Å²) in [6.07, 6.45) is 4.61. The van der Waals surface area contributed by atoms with Gasteiger partial charge in [-0.25, -0.2) is 9.97 Å². The van der Waals surface area contributed by atoms with Crippen LogP contribution < -0.4 is 10.6 Å². The maximum Gasteiger partial charge on any atom is 0.224 e. The fourth-order valence-corrected chi connectivity index (χ4v) is 6.78. The van der Waals surface area contributed by atoms with Gasteiger partial charge >= 0.3 is 0 Å². The van der Waals surface area contributed by atoms with Gasteiger partial charge in [0.05, 0.1) is 45.5 Å². The standard InChI is InChI=1S/C27H36N6O4S/c1-13-19(25-32-21-18(38-25)8-9-28-20(21)14-6-7-14)24(33-26(30-13)29-12-15-5-4-10-37-15)31-17-11-16(27(2,3)36)22(34)23(17)35/h8-9,14-17,22-23,34-36H,4-7,10-12H2,1-3H3,(H2,29,30,31,33)/t15-,16-,17+,22+,23-/m0/s1. The molecule has 10 nitrogen and oxygen atoms in total. The average Bonchev–Trinajstić information content (AvgIpc) is 3.27. The van der Waals surface area contributed by atoms with E-state index in [-0.39, 0.29) is 6.10 Å². The van der Waals surface area contributed by atoms with Crippen molar-refractivity contribution in [1.82, 2.24) is 19.9 Å². The highest BCUT2D eigenvalue weighted by atomic mass is 32.1. The predicted molar refractivity (Wildman–Crippen MR) is 146 cm³/mol. The maximum atomic E-state index is 10.9. The molecule has 0 amide bonds. The van der Waals surface area contributed by atoms with Crippen molar-refractivity contribution >= 4 is 33.3 Å².